The summed E-state index contributed by atoms with van der Waals surface area (Å²) in [6.45, 7) is 0.531. The van der Waals surface area contributed by atoms with E-state index in [-0.39, 0.29) is 56.0 Å². The number of fused-ring (bicyclic) bond motifs is 1. The van der Waals surface area contributed by atoms with Gasteiger partial charge in [0.15, 0.2) is 11.5 Å². The smallest absolute Gasteiger partial charge is 0.264 e. The van der Waals surface area contributed by atoms with E-state index in [1.165, 1.54) is 16.8 Å². The number of primary sulfonamides is 1. The summed E-state index contributed by atoms with van der Waals surface area (Å²) in [6, 6.07) is 19.6. The lowest BCUT2D eigenvalue weighted by Crippen LogP contribution is -2.39. The number of H-pyrrole nitrogens is 1. The first kappa shape index (κ1) is 32.7. The Kier molecular flexibility index (Phi) is 9.09. The molecule has 0 aliphatic heterocycles. The molecule has 3 aromatic carbocycles. The minimum absolute atomic E-state index is 0.0466. The molecule has 1 saturated carbocycles. The number of carbonyl (C=O) groups excluding carboxylic acids is 1. The average Bonchev–Trinajstić information content (AvgIpc) is 3.37. The lowest BCUT2D eigenvalue weighted by molar-refractivity contribution is -0.129. The highest BCUT2D eigenvalue weighted by molar-refractivity contribution is 7.89. The maximum Gasteiger partial charge on any atom is 0.264 e. The van der Waals surface area contributed by atoms with E-state index in [0.717, 1.165) is 11.1 Å². The SMILES string of the molecule is CN(C)c1nn(-c2c(Cl)cc(S(N)(=O)=O)cc2Cl)c2nc(Cc3ccc(NC(=O)C4CC(OCc5ccccc5)C4)cc3)[nH]c(=O)c12. The highest BCUT2D eigenvalue weighted by Crippen LogP contribution is 2.35. The summed E-state index contributed by atoms with van der Waals surface area (Å²) in [7, 11) is -0.640. The van der Waals surface area contributed by atoms with Gasteiger partial charge in [0.1, 0.15) is 16.9 Å². The molecule has 1 fully saturated rings. The van der Waals surface area contributed by atoms with Crippen LogP contribution in [0.25, 0.3) is 16.7 Å². The monoisotopic (exact) mass is 695 g/mol. The summed E-state index contributed by atoms with van der Waals surface area (Å²) in [6.07, 6.45) is 1.68. The first-order valence-electron chi connectivity index (χ1n) is 14.6. The first-order chi connectivity index (χ1) is 22.4. The summed E-state index contributed by atoms with van der Waals surface area (Å²) in [5.41, 5.74) is 2.48. The number of sulfonamides is 1. The maximum atomic E-state index is 13.3. The van der Waals surface area contributed by atoms with Crippen LogP contribution in [0.5, 0.6) is 0 Å². The number of benzene rings is 3. The molecular formula is C32H31Cl2N7O5S. The molecule has 0 unspecified atom stereocenters. The van der Waals surface area contributed by atoms with Crippen LogP contribution in [0, 0.1) is 5.92 Å². The third kappa shape index (κ3) is 7.04. The first-order valence-corrected chi connectivity index (χ1v) is 16.9. The standard InChI is InChI=1S/C32H31Cl2N7O5S/c1-40(2)30-27-29(41(39-30)28-24(33)15-23(16-25(28)34)47(35,44)45)37-26(38-32(27)43)12-18-8-10-21(11-9-18)36-31(42)20-13-22(14-20)46-17-19-6-4-3-5-7-19/h3-11,15-16,20,22H,12-14,17H2,1-2H3,(H,36,42)(H2,35,44,45)(H,37,38,43). The second-order valence-corrected chi connectivity index (χ2v) is 13.9. The number of hydrogen-bond donors (Lipinski definition) is 3. The van der Waals surface area contributed by atoms with Crippen molar-refractivity contribution in [3.05, 3.63) is 104 Å². The zero-order valence-electron chi connectivity index (χ0n) is 25.4. The van der Waals surface area contributed by atoms with Crippen molar-refractivity contribution >= 4 is 61.7 Å². The molecule has 4 N–H and O–H groups in total. The minimum atomic E-state index is -4.08. The fourth-order valence-corrected chi connectivity index (χ4v) is 6.70. The van der Waals surface area contributed by atoms with Crippen LogP contribution in [0.3, 0.4) is 0 Å². The quantitative estimate of drug-likeness (QED) is 0.190. The van der Waals surface area contributed by atoms with Gasteiger partial charge in [-0.1, -0.05) is 65.7 Å². The van der Waals surface area contributed by atoms with E-state index in [4.69, 9.17) is 38.1 Å². The second-order valence-electron chi connectivity index (χ2n) is 11.6. The number of ether oxygens (including phenoxy) is 1. The molecule has 15 heteroatoms. The molecule has 0 saturated heterocycles. The highest BCUT2D eigenvalue weighted by atomic mass is 35.5. The van der Waals surface area contributed by atoms with Gasteiger partial charge in [-0.05, 0) is 48.2 Å². The molecule has 2 heterocycles. The van der Waals surface area contributed by atoms with Gasteiger partial charge < -0.3 is 19.9 Å². The van der Waals surface area contributed by atoms with Crippen molar-refractivity contribution < 1.29 is 17.9 Å². The van der Waals surface area contributed by atoms with Crippen LogP contribution in [-0.2, 0) is 32.6 Å². The largest absolute Gasteiger partial charge is 0.373 e. The van der Waals surface area contributed by atoms with Gasteiger partial charge in [0, 0.05) is 32.1 Å². The highest BCUT2D eigenvalue weighted by Gasteiger charge is 2.35. The molecule has 0 spiro atoms. The van der Waals surface area contributed by atoms with Crippen molar-refractivity contribution in [3.63, 3.8) is 0 Å². The zero-order chi connectivity index (χ0) is 33.5. The summed E-state index contributed by atoms with van der Waals surface area (Å²) in [4.78, 5) is 35.0. The molecule has 5 aromatic rings. The van der Waals surface area contributed by atoms with Crippen molar-refractivity contribution in [2.45, 2.75) is 36.9 Å². The number of rotatable bonds is 10. The van der Waals surface area contributed by atoms with Crippen LogP contribution < -0.4 is 20.9 Å². The molecule has 0 radical (unpaired) electrons. The van der Waals surface area contributed by atoms with Gasteiger partial charge in [-0.15, -0.1) is 5.10 Å². The molecule has 244 valence electrons. The van der Waals surface area contributed by atoms with Crippen molar-refractivity contribution in [1.29, 1.82) is 0 Å². The second kappa shape index (κ2) is 13.1. The third-order valence-electron chi connectivity index (χ3n) is 7.91. The van der Waals surface area contributed by atoms with Gasteiger partial charge in [-0.3, -0.25) is 9.59 Å². The number of amides is 1. The summed E-state index contributed by atoms with van der Waals surface area (Å²) in [5, 5.41) is 12.9. The molecule has 12 nitrogen and oxygen atoms in total. The Balaban J connectivity index is 1.17. The van der Waals surface area contributed by atoms with E-state index in [1.807, 2.05) is 42.5 Å². The van der Waals surface area contributed by atoms with Crippen molar-refractivity contribution in [2.24, 2.45) is 11.1 Å². The Morgan fingerprint density at radius 1 is 1.06 bits per heavy atom. The fraction of sp³-hybridized carbons (Fsp3) is 0.250. The topological polar surface area (TPSA) is 165 Å². The molecule has 1 aliphatic rings. The Hall–Kier alpha value is -4.27. The van der Waals surface area contributed by atoms with Gasteiger partial charge in [-0.25, -0.2) is 23.2 Å². The lowest BCUT2D eigenvalue weighted by atomic mass is 9.81. The van der Waals surface area contributed by atoms with E-state index in [0.29, 0.717) is 36.8 Å². The van der Waals surface area contributed by atoms with Gasteiger partial charge >= 0.3 is 0 Å². The van der Waals surface area contributed by atoms with Crippen molar-refractivity contribution in [1.82, 2.24) is 19.7 Å². The number of hydrogen-bond acceptors (Lipinski definition) is 8. The molecule has 2 aromatic heterocycles. The minimum Gasteiger partial charge on any atom is -0.373 e. The normalized spacial score (nSPS) is 16.2. The molecule has 6 rings (SSSR count). The third-order valence-corrected chi connectivity index (χ3v) is 9.38. The van der Waals surface area contributed by atoms with E-state index in [2.05, 4.69) is 15.4 Å². The molecule has 0 atom stereocenters. The number of anilines is 2. The van der Waals surface area contributed by atoms with Gasteiger partial charge in [-0.2, -0.15) is 0 Å². The van der Waals surface area contributed by atoms with Crippen LogP contribution in [0.4, 0.5) is 11.5 Å². The van der Waals surface area contributed by atoms with Crippen LogP contribution in [0.1, 0.15) is 29.8 Å². The predicted octanol–water partition coefficient (Wildman–Crippen LogP) is 4.65. The van der Waals surface area contributed by atoms with Crippen molar-refractivity contribution in [2.75, 3.05) is 24.3 Å². The Bertz CT molecular complexity index is 2110. The Morgan fingerprint density at radius 3 is 2.34 bits per heavy atom. The van der Waals surface area contributed by atoms with Gasteiger partial charge in [0.25, 0.3) is 5.56 Å². The molecule has 1 amide bonds. The maximum absolute atomic E-state index is 13.3. The number of nitrogens with two attached hydrogens (primary N) is 1. The predicted molar refractivity (Wildman–Crippen MR) is 181 cm³/mol. The molecular weight excluding hydrogens is 665 g/mol. The molecule has 1 aliphatic carbocycles. The van der Waals surface area contributed by atoms with Crippen LogP contribution >= 0.6 is 23.2 Å². The van der Waals surface area contributed by atoms with Crippen molar-refractivity contribution in [3.8, 4) is 5.69 Å². The Labute approximate surface area is 280 Å². The summed E-state index contributed by atoms with van der Waals surface area (Å²) < 4.78 is 31.0. The number of aromatic nitrogens is 4. The summed E-state index contributed by atoms with van der Waals surface area (Å²) >= 11 is 12.9. The van der Waals surface area contributed by atoms with Crippen LogP contribution in [0.15, 0.2) is 76.4 Å². The lowest BCUT2D eigenvalue weighted by Gasteiger charge is -2.34. The van der Waals surface area contributed by atoms with Crippen LogP contribution in [-0.4, -0.2) is 54.3 Å². The number of carbonyl (C=O) groups is 1. The molecule has 47 heavy (non-hydrogen) atoms. The Morgan fingerprint density at radius 2 is 1.72 bits per heavy atom. The van der Waals surface area contributed by atoms with Gasteiger partial charge in [0.05, 0.1) is 27.7 Å². The number of nitrogens with one attached hydrogen (secondary N) is 2. The van der Waals surface area contributed by atoms with E-state index in [1.54, 1.807) is 31.1 Å². The van der Waals surface area contributed by atoms with E-state index >= 15 is 0 Å². The fourth-order valence-electron chi connectivity index (χ4n) is 5.36. The van der Waals surface area contributed by atoms with Gasteiger partial charge in [0.2, 0.25) is 15.9 Å². The summed E-state index contributed by atoms with van der Waals surface area (Å²) in [5.74, 6) is 0.498. The number of halogens is 2. The van der Waals surface area contributed by atoms with E-state index in [9.17, 15) is 18.0 Å². The zero-order valence-corrected chi connectivity index (χ0v) is 27.7. The van der Waals surface area contributed by atoms with Crippen LogP contribution in [0.2, 0.25) is 10.0 Å². The number of nitrogens with zero attached hydrogens (tertiary/aromatic N) is 4. The molecule has 0 bridgehead atoms. The number of aromatic amines is 1. The van der Waals surface area contributed by atoms with E-state index < -0.39 is 15.6 Å². The average molecular weight is 697 g/mol.